The van der Waals surface area contributed by atoms with Gasteiger partial charge in [-0.2, -0.15) is 0 Å². The van der Waals surface area contributed by atoms with Crippen molar-refractivity contribution in [2.75, 3.05) is 24.5 Å². The van der Waals surface area contributed by atoms with Crippen LogP contribution in [0.2, 0.25) is 0 Å². The van der Waals surface area contributed by atoms with E-state index in [1.165, 1.54) is 21.7 Å². The van der Waals surface area contributed by atoms with E-state index >= 15 is 0 Å². The highest BCUT2D eigenvalue weighted by Crippen LogP contribution is 2.44. The molecule has 1 atom stereocenters. The summed E-state index contributed by atoms with van der Waals surface area (Å²) in [6, 6.07) is 17.1. The second-order valence-corrected chi connectivity index (χ2v) is 9.39. The molecule has 0 saturated carbocycles. The minimum Gasteiger partial charge on any atom is -0.488 e. The summed E-state index contributed by atoms with van der Waals surface area (Å²) in [5, 5.41) is 0. The number of rotatable bonds is 2. The monoisotopic (exact) mass is 418 g/mol. The molecule has 2 aliphatic rings. The van der Waals surface area contributed by atoms with Crippen LogP contribution in [0.25, 0.3) is 10.4 Å². The molecular weight excluding hydrogens is 392 g/mol. The number of fused-ring (bicyclic) bond motifs is 3. The molecule has 4 nitrogen and oxygen atoms in total. The van der Waals surface area contributed by atoms with E-state index in [0.717, 1.165) is 41.4 Å². The molecule has 154 valence electrons. The molecule has 1 fully saturated rings. The largest absolute Gasteiger partial charge is 0.488 e. The molecule has 5 heteroatoms. The lowest BCUT2D eigenvalue weighted by Crippen LogP contribution is -2.53. The van der Waals surface area contributed by atoms with Crippen molar-refractivity contribution in [3.8, 4) is 16.2 Å². The number of piperazine rings is 1. The van der Waals surface area contributed by atoms with E-state index in [-0.39, 0.29) is 11.9 Å². The van der Waals surface area contributed by atoms with E-state index in [2.05, 4.69) is 56.0 Å². The Kier molecular flexibility index (Phi) is 4.78. The summed E-state index contributed by atoms with van der Waals surface area (Å²) >= 11 is 1.61. The zero-order valence-corrected chi connectivity index (χ0v) is 18.5. The Hall–Kier alpha value is -2.79. The van der Waals surface area contributed by atoms with Gasteiger partial charge in [-0.1, -0.05) is 24.3 Å². The Labute approximate surface area is 181 Å². The van der Waals surface area contributed by atoms with Gasteiger partial charge in [-0.3, -0.25) is 4.79 Å². The molecule has 0 N–H and O–H groups in total. The van der Waals surface area contributed by atoms with Gasteiger partial charge in [-0.05, 0) is 56.2 Å². The fraction of sp³-hybridized carbons (Fsp3) is 0.320. The van der Waals surface area contributed by atoms with Gasteiger partial charge < -0.3 is 14.5 Å². The number of benzene rings is 2. The number of hydrogen-bond acceptors (Lipinski definition) is 4. The zero-order chi connectivity index (χ0) is 20.8. The topological polar surface area (TPSA) is 32.8 Å². The van der Waals surface area contributed by atoms with E-state index in [1.54, 1.807) is 11.3 Å². The number of anilines is 1. The van der Waals surface area contributed by atoms with E-state index in [4.69, 9.17) is 4.74 Å². The van der Waals surface area contributed by atoms with E-state index in [0.29, 0.717) is 6.61 Å². The summed E-state index contributed by atoms with van der Waals surface area (Å²) in [6.07, 6.45) is 0. The normalized spacial score (nSPS) is 17.9. The number of thiophene rings is 1. The summed E-state index contributed by atoms with van der Waals surface area (Å²) in [4.78, 5) is 19.7. The Morgan fingerprint density at radius 2 is 1.93 bits per heavy atom. The molecule has 3 heterocycles. The summed E-state index contributed by atoms with van der Waals surface area (Å²) < 4.78 is 5.93. The first-order valence-corrected chi connectivity index (χ1v) is 11.3. The number of carbonyl (C=O) groups excluding carboxylic acids is 1. The van der Waals surface area contributed by atoms with Crippen LogP contribution in [-0.2, 0) is 6.61 Å². The Morgan fingerprint density at radius 3 is 2.73 bits per heavy atom. The van der Waals surface area contributed by atoms with Gasteiger partial charge in [0.05, 0.1) is 4.88 Å². The first-order valence-electron chi connectivity index (χ1n) is 10.5. The molecule has 1 saturated heterocycles. The number of hydrogen-bond donors (Lipinski definition) is 0. The predicted octanol–water partition coefficient (Wildman–Crippen LogP) is 5.28. The van der Waals surface area contributed by atoms with E-state index in [1.807, 2.05) is 23.1 Å². The van der Waals surface area contributed by atoms with Crippen molar-refractivity contribution in [3.05, 3.63) is 70.1 Å². The molecule has 1 amide bonds. The highest BCUT2D eigenvalue weighted by molar-refractivity contribution is 7.17. The number of carbonyl (C=O) groups is 1. The standard InChI is InChI=1S/C25H26N2O2S/c1-16-6-4-8-20(12-16)27-11-10-26(14-18(27)3)25(28)22-13-19-15-29-21-9-5-7-17(2)23(21)24(19)30-22/h4-9,12-13,18H,10-11,14-15H2,1-3H3/t18-/m1/s1. The fourth-order valence-corrected chi connectivity index (χ4v) is 5.80. The maximum atomic E-state index is 13.3. The third-order valence-electron chi connectivity index (χ3n) is 6.11. The molecular formula is C25H26N2O2S. The minimum absolute atomic E-state index is 0.139. The van der Waals surface area contributed by atoms with Crippen LogP contribution >= 0.6 is 11.3 Å². The van der Waals surface area contributed by atoms with Crippen molar-refractivity contribution in [2.24, 2.45) is 0 Å². The molecule has 2 aliphatic heterocycles. The average Bonchev–Trinajstić information content (AvgIpc) is 3.17. The van der Waals surface area contributed by atoms with Crippen molar-refractivity contribution in [1.29, 1.82) is 0 Å². The van der Waals surface area contributed by atoms with Crippen molar-refractivity contribution in [2.45, 2.75) is 33.4 Å². The molecule has 0 aliphatic carbocycles. The van der Waals surface area contributed by atoms with Gasteiger partial charge in [0, 0.05) is 47.4 Å². The number of amides is 1. The molecule has 0 radical (unpaired) electrons. The Morgan fingerprint density at radius 1 is 1.10 bits per heavy atom. The second kappa shape index (κ2) is 7.47. The third-order valence-corrected chi connectivity index (χ3v) is 7.30. The van der Waals surface area contributed by atoms with Crippen LogP contribution in [0.3, 0.4) is 0 Å². The molecule has 3 aromatic rings. The molecule has 30 heavy (non-hydrogen) atoms. The van der Waals surface area contributed by atoms with Crippen LogP contribution in [0.1, 0.15) is 33.3 Å². The molecule has 0 bridgehead atoms. The lowest BCUT2D eigenvalue weighted by atomic mass is 10.0. The third kappa shape index (κ3) is 3.27. The van der Waals surface area contributed by atoms with Crippen LogP contribution < -0.4 is 9.64 Å². The van der Waals surface area contributed by atoms with Crippen molar-refractivity contribution < 1.29 is 9.53 Å². The van der Waals surface area contributed by atoms with Gasteiger partial charge in [0.2, 0.25) is 0 Å². The lowest BCUT2D eigenvalue weighted by molar-refractivity contribution is 0.0731. The summed E-state index contributed by atoms with van der Waals surface area (Å²) in [5.74, 6) is 1.06. The number of ether oxygens (including phenoxy) is 1. The van der Waals surface area contributed by atoms with Crippen molar-refractivity contribution in [1.82, 2.24) is 4.90 Å². The van der Waals surface area contributed by atoms with Crippen LogP contribution in [0.15, 0.2) is 48.5 Å². The minimum atomic E-state index is 0.139. The Bertz CT molecular complexity index is 1120. The zero-order valence-electron chi connectivity index (χ0n) is 17.6. The summed E-state index contributed by atoms with van der Waals surface area (Å²) in [5.41, 5.74) is 5.96. The second-order valence-electron chi connectivity index (χ2n) is 8.33. The number of nitrogens with zero attached hydrogens (tertiary/aromatic N) is 2. The van der Waals surface area contributed by atoms with Crippen LogP contribution in [0.5, 0.6) is 5.75 Å². The van der Waals surface area contributed by atoms with Crippen LogP contribution in [-0.4, -0.2) is 36.5 Å². The quantitative estimate of drug-likeness (QED) is 0.568. The number of aryl methyl sites for hydroxylation is 2. The lowest BCUT2D eigenvalue weighted by Gasteiger charge is -2.41. The smallest absolute Gasteiger partial charge is 0.264 e. The SMILES string of the molecule is Cc1cccc(N2CCN(C(=O)c3cc4c(s3)-c3c(C)cccc3OC4)C[C@H]2C)c1. The fourth-order valence-electron chi connectivity index (χ4n) is 4.55. The van der Waals surface area contributed by atoms with Crippen molar-refractivity contribution in [3.63, 3.8) is 0 Å². The molecule has 0 spiro atoms. The van der Waals surface area contributed by atoms with Gasteiger partial charge in [0.15, 0.2) is 0 Å². The average molecular weight is 419 g/mol. The highest BCUT2D eigenvalue weighted by Gasteiger charge is 2.30. The molecule has 2 aromatic carbocycles. The maximum absolute atomic E-state index is 13.3. The van der Waals surface area contributed by atoms with Gasteiger partial charge >= 0.3 is 0 Å². The summed E-state index contributed by atoms with van der Waals surface area (Å²) in [6.45, 7) is 9.29. The predicted molar refractivity (Wildman–Crippen MR) is 123 cm³/mol. The van der Waals surface area contributed by atoms with Gasteiger partial charge in [0.25, 0.3) is 5.91 Å². The van der Waals surface area contributed by atoms with Gasteiger partial charge in [-0.15, -0.1) is 11.3 Å². The van der Waals surface area contributed by atoms with E-state index < -0.39 is 0 Å². The van der Waals surface area contributed by atoms with Crippen molar-refractivity contribution >= 4 is 22.9 Å². The molecule has 0 unspecified atom stereocenters. The maximum Gasteiger partial charge on any atom is 0.264 e. The van der Waals surface area contributed by atoms with Gasteiger partial charge in [0.1, 0.15) is 12.4 Å². The van der Waals surface area contributed by atoms with Gasteiger partial charge in [-0.25, -0.2) is 0 Å². The van der Waals surface area contributed by atoms with Crippen LogP contribution in [0.4, 0.5) is 5.69 Å². The molecule has 1 aromatic heterocycles. The summed E-state index contributed by atoms with van der Waals surface area (Å²) in [7, 11) is 0. The molecule has 5 rings (SSSR count). The van der Waals surface area contributed by atoms with E-state index in [9.17, 15) is 4.79 Å². The van der Waals surface area contributed by atoms with Crippen LogP contribution in [0, 0.1) is 13.8 Å². The Balaban J connectivity index is 1.36. The first kappa shape index (κ1) is 19.2. The highest BCUT2D eigenvalue weighted by atomic mass is 32.1. The first-order chi connectivity index (χ1) is 14.5.